The van der Waals surface area contributed by atoms with Crippen molar-refractivity contribution in [2.24, 2.45) is 5.92 Å². The molecule has 0 aromatic rings. The second-order valence-corrected chi connectivity index (χ2v) is 2.72. The molecular weight excluding hydrogens is 110 g/mol. The number of rotatable bonds is 5. The van der Waals surface area contributed by atoms with Crippen molar-refractivity contribution in [2.75, 3.05) is 6.54 Å². The van der Waals surface area contributed by atoms with E-state index in [2.05, 4.69) is 32.6 Å². The average molecular weight is 128 g/mol. The highest BCUT2D eigenvalue weighted by atomic mass is 14.8. The molecule has 0 spiro atoms. The molecule has 0 fully saturated rings. The van der Waals surface area contributed by atoms with Gasteiger partial charge in [0.05, 0.1) is 0 Å². The minimum atomic E-state index is 0.668. The second-order valence-electron chi connectivity index (χ2n) is 2.72. The Morgan fingerprint density at radius 1 is 1.44 bits per heavy atom. The van der Waals surface area contributed by atoms with Gasteiger partial charge in [-0.2, -0.15) is 0 Å². The van der Waals surface area contributed by atoms with Crippen molar-refractivity contribution in [3.05, 3.63) is 6.54 Å². The van der Waals surface area contributed by atoms with Crippen molar-refractivity contribution in [2.45, 2.75) is 33.6 Å². The number of hydrogen-bond acceptors (Lipinski definition) is 1. The van der Waals surface area contributed by atoms with Crippen LogP contribution in [0.5, 0.6) is 0 Å². The van der Waals surface area contributed by atoms with E-state index in [1.165, 1.54) is 12.8 Å². The molecule has 55 valence electrons. The maximum Gasteiger partial charge on any atom is 0.0246 e. The molecule has 0 aliphatic heterocycles. The summed E-state index contributed by atoms with van der Waals surface area (Å²) < 4.78 is 0. The van der Waals surface area contributed by atoms with Crippen LogP contribution < -0.4 is 5.32 Å². The second kappa shape index (κ2) is 6.09. The SMILES string of the molecule is CCCCN[CH]C(C)C. The summed E-state index contributed by atoms with van der Waals surface area (Å²) in [5.41, 5.74) is 0. The van der Waals surface area contributed by atoms with Crippen LogP contribution in [0, 0.1) is 12.5 Å². The third kappa shape index (κ3) is 7.96. The van der Waals surface area contributed by atoms with Gasteiger partial charge < -0.3 is 5.32 Å². The summed E-state index contributed by atoms with van der Waals surface area (Å²) >= 11 is 0. The Hall–Kier alpha value is -0.0400. The number of unbranched alkanes of at least 4 members (excludes halogenated alkanes) is 1. The normalized spacial score (nSPS) is 10.7. The summed E-state index contributed by atoms with van der Waals surface area (Å²) in [6.07, 6.45) is 2.56. The molecular formula is C8H18N. The Morgan fingerprint density at radius 3 is 2.56 bits per heavy atom. The molecule has 0 aromatic heterocycles. The molecule has 0 saturated carbocycles. The molecule has 0 atom stereocenters. The van der Waals surface area contributed by atoms with Crippen LogP contribution in [0.4, 0.5) is 0 Å². The molecule has 0 aliphatic rings. The van der Waals surface area contributed by atoms with Gasteiger partial charge in [-0.3, -0.25) is 0 Å². The topological polar surface area (TPSA) is 12.0 Å². The molecule has 0 saturated heterocycles. The molecule has 1 radical (unpaired) electrons. The fraction of sp³-hybridized carbons (Fsp3) is 0.875. The van der Waals surface area contributed by atoms with Crippen LogP contribution in [0.3, 0.4) is 0 Å². The van der Waals surface area contributed by atoms with Gasteiger partial charge in [0.15, 0.2) is 0 Å². The fourth-order valence-electron chi connectivity index (χ4n) is 0.598. The number of nitrogens with one attached hydrogen (secondary N) is 1. The van der Waals surface area contributed by atoms with Gasteiger partial charge in [-0.25, -0.2) is 0 Å². The first kappa shape index (κ1) is 8.96. The van der Waals surface area contributed by atoms with Gasteiger partial charge in [0.2, 0.25) is 0 Å². The first-order chi connectivity index (χ1) is 4.27. The van der Waals surface area contributed by atoms with Gasteiger partial charge in [-0.15, -0.1) is 0 Å². The summed E-state index contributed by atoms with van der Waals surface area (Å²) in [6.45, 7) is 9.85. The van der Waals surface area contributed by atoms with E-state index in [1.807, 2.05) is 0 Å². The van der Waals surface area contributed by atoms with Crippen molar-refractivity contribution < 1.29 is 0 Å². The lowest BCUT2D eigenvalue weighted by atomic mass is 10.2. The van der Waals surface area contributed by atoms with E-state index >= 15 is 0 Å². The smallest absolute Gasteiger partial charge is 0.0246 e. The van der Waals surface area contributed by atoms with Gasteiger partial charge in [0.25, 0.3) is 0 Å². The van der Waals surface area contributed by atoms with Crippen LogP contribution in [0.25, 0.3) is 0 Å². The summed E-state index contributed by atoms with van der Waals surface area (Å²) in [5.74, 6) is 0.668. The van der Waals surface area contributed by atoms with E-state index in [0.29, 0.717) is 5.92 Å². The van der Waals surface area contributed by atoms with Crippen LogP contribution in [0.2, 0.25) is 0 Å². The molecule has 0 aromatic carbocycles. The van der Waals surface area contributed by atoms with E-state index in [-0.39, 0.29) is 0 Å². The van der Waals surface area contributed by atoms with Crippen LogP contribution >= 0.6 is 0 Å². The lowest BCUT2D eigenvalue weighted by molar-refractivity contribution is 0.617. The highest BCUT2D eigenvalue weighted by Crippen LogP contribution is 1.93. The first-order valence-electron chi connectivity index (χ1n) is 3.84. The Balaban J connectivity index is 2.75. The highest BCUT2D eigenvalue weighted by Gasteiger charge is 1.90. The monoisotopic (exact) mass is 128 g/mol. The van der Waals surface area contributed by atoms with E-state index in [1.54, 1.807) is 0 Å². The lowest BCUT2D eigenvalue weighted by Gasteiger charge is -2.04. The molecule has 0 amide bonds. The zero-order valence-electron chi connectivity index (χ0n) is 6.78. The lowest BCUT2D eigenvalue weighted by Crippen LogP contribution is -2.14. The number of hydrogen-bond donors (Lipinski definition) is 1. The van der Waals surface area contributed by atoms with Crippen LogP contribution in [-0.2, 0) is 0 Å². The first-order valence-corrected chi connectivity index (χ1v) is 3.84. The maximum atomic E-state index is 3.26. The molecule has 0 aliphatic carbocycles. The highest BCUT2D eigenvalue weighted by molar-refractivity contribution is 4.64. The summed E-state index contributed by atoms with van der Waals surface area (Å²) in [6, 6.07) is 0. The Bertz CT molecular complexity index is 50.5. The zero-order valence-corrected chi connectivity index (χ0v) is 6.78. The standard InChI is InChI=1S/C8H18N/c1-4-5-6-9-7-8(2)3/h7-9H,4-6H2,1-3H3. The Labute approximate surface area is 58.8 Å². The molecule has 1 heteroatoms. The van der Waals surface area contributed by atoms with Gasteiger partial charge in [-0.1, -0.05) is 27.2 Å². The fourth-order valence-corrected chi connectivity index (χ4v) is 0.598. The van der Waals surface area contributed by atoms with Crippen molar-refractivity contribution in [1.82, 2.24) is 5.32 Å². The average Bonchev–Trinajstić information content (AvgIpc) is 1.80. The van der Waals surface area contributed by atoms with E-state index in [9.17, 15) is 0 Å². The van der Waals surface area contributed by atoms with Crippen molar-refractivity contribution in [3.63, 3.8) is 0 Å². The minimum Gasteiger partial charge on any atom is -0.312 e. The van der Waals surface area contributed by atoms with Gasteiger partial charge >= 0.3 is 0 Å². The third-order valence-corrected chi connectivity index (χ3v) is 1.13. The maximum absolute atomic E-state index is 3.26. The van der Waals surface area contributed by atoms with Crippen molar-refractivity contribution in [3.8, 4) is 0 Å². The van der Waals surface area contributed by atoms with E-state index < -0.39 is 0 Å². The summed E-state index contributed by atoms with van der Waals surface area (Å²) in [4.78, 5) is 0. The predicted molar refractivity (Wildman–Crippen MR) is 42.0 cm³/mol. The Morgan fingerprint density at radius 2 is 2.11 bits per heavy atom. The quantitative estimate of drug-likeness (QED) is 0.560. The molecule has 1 nitrogen and oxygen atoms in total. The van der Waals surface area contributed by atoms with Gasteiger partial charge in [-0.05, 0) is 18.9 Å². The van der Waals surface area contributed by atoms with Crippen molar-refractivity contribution >= 4 is 0 Å². The van der Waals surface area contributed by atoms with E-state index in [4.69, 9.17) is 0 Å². The molecule has 9 heavy (non-hydrogen) atoms. The largest absolute Gasteiger partial charge is 0.312 e. The molecule has 0 rings (SSSR count). The minimum absolute atomic E-state index is 0.668. The van der Waals surface area contributed by atoms with Crippen LogP contribution in [-0.4, -0.2) is 6.54 Å². The summed E-state index contributed by atoms with van der Waals surface area (Å²) in [5, 5.41) is 3.26. The zero-order chi connectivity index (χ0) is 7.11. The summed E-state index contributed by atoms with van der Waals surface area (Å²) in [7, 11) is 0. The molecule has 1 N–H and O–H groups in total. The molecule has 0 bridgehead atoms. The van der Waals surface area contributed by atoms with Gasteiger partial charge in [0, 0.05) is 6.54 Å². The van der Waals surface area contributed by atoms with E-state index in [0.717, 1.165) is 6.54 Å². The molecule has 0 heterocycles. The third-order valence-electron chi connectivity index (χ3n) is 1.13. The predicted octanol–water partition coefficient (Wildman–Crippen LogP) is 2.19. The van der Waals surface area contributed by atoms with Gasteiger partial charge in [0.1, 0.15) is 0 Å². The van der Waals surface area contributed by atoms with Crippen molar-refractivity contribution in [1.29, 1.82) is 0 Å². The van der Waals surface area contributed by atoms with Crippen LogP contribution in [0.15, 0.2) is 0 Å². The molecule has 0 unspecified atom stereocenters. The Kier molecular flexibility index (Phi) is 6.06. The van der Waals surface area contributed by atoms with Crippen LogP contribution in [0.1, 0.15) is 33.6 Å².